The summed E-state index contributed by atoms with van der Waals surface area (Å²) in [6.07, 6.45) is 2.60. The van der Waals surface area contributed by atoms with Crippen LogP contribution >= 0.6 is 11.6 Å². The topological polar surface area (TPSA) is 36.3 Å². The summed E-state index contributed by atoms with van der Waals surface area (Å²) in [6, 6.07) is 7.88. The molecule has 1 aromatic carbocycles. The second-order valence-corrected chi connectivity index (χ2v) is 4.72. The van der Waals surface area contributed by atoms with E-state index < -0.39 is 0 Å². The van der Waals surface area contributed by atoms with Crippen molar-refractivity contribution in [1.82, 2.24) is 4.90 Å². The molecule has 1 aliphatic carbocycles. The first-order valence-electron chi connectivity index (χ1n) is 5.73. The Kier molecular flexibility index (Phi) is 3.88. The van der Waals surface area contributed by atoms with Gasteiger partial charge in [0.15, 0.2) is 0 Å². The maximum Gasteiger partial charge on any atom is 0.138 e. The van der Waals surface area contributed by atoms with E-state index in [0.717, 1.165) is 12.6 Å². The van der Waals surface area contributed by atoms with Gasteiger partial charge in [0.2, 0.25) is 0 Å². The van der Waals surface area contributed by atoms with E-state index in [-0.39, 0.29) is 0 Å². The minimum absolute atomic E-state index is 0.498. The molecule has 4 heteroatoms. The first-order chi connectivity index (χ1) is 8.20. The van der Waals surface area contributed by atoms with E-state index in [1.807, 2.05) is 6.07 Å². The largest absolute Gasteiger partial charge is 0.491 e. The first-order valence-corrected chi connectivity index (χ1v) is 6.11. The standard InChI is InChI=1S/C13H15ClN2O/c1-16(11-3-4-11)6-7-17-13-5-2-10(9-15)8-12(13)14/h2,5,8,11H,3-4,6-7H2,1H3. The molecule has 0 unspecified atom stereocenters. The number of benzene rings is 1. The van der Waals surface area contributed by atoms with E-state index in [0.29, 0.717) is 22.9 Å². The highest BCUT2D eigenvalue weighted by molar-refractivity contribution is 6.32. The molecule has 90 valence electrons. The molecule has 1 fully saturated rings. The fourth-order valence-corrected chi connectivity index (χ4v) is 1.92. The van der Waals surface area contributed by atoms with Crippen LogP contribution in [0.15, 0.2) is 18.2 Å². The predicted octanol–water partition coefficient (Wildman–Crippen LogP) is 2.68. The molecule has 0 aromatic heterocycles. The minimum Gasteiger partial charge on any atom is -0.491 e. The summed E-state index contributed by atoms with van der Waals surface area (Å²) in [5, 5.41) is 9.21. The molecule has 0 aliphatic heterocycles. The first kappa shape index (κ1) is 12.2. The Bertz CT molecular complexity index is 438. The van der Waals surface area contributed by atoms with Gasteiger partial charge in [-0.1, -0.05) is 11.6 Å². The van der Waals surface area contributed by atoms with Crippen molar-refractivity contribution >= 4 is 11.6 Å². The summed E-state index contributed by atoms with van der Waals surface area (Å²) in [4.78, 5) is 2.30. The maximum atomic E-state index is 8.71. The van der Waals surface area contributed by atoms with Gasteiger partial charge in [0.1, 0.15) is 12.4 Å². The zero-order valence-electron chi connectivity index (χ0n) is 9.82. The number of nitrogens with zero attached hydrogens (tertiary/aromatic N) is 2. The van der Waals surface area contributed by atoms with Gasteiger partial charge in [0, 0.05) is 12.6 Å². The monoisotopic (exact) mass is 250 g/mol. The normalized spacial score (nSPS) is 14.7. The molecule has 3 nitrogen and oxygen atoms in total. The lowest BCUT2D eigenvalue weighted by molar-refractivity contribution is 0.232. The van der Waals surface area contributed by atoms with Crippen LogP contribution in [0, 0.1) is 11.3 Å². The number of hydrogen-bond acceptors (Lipinski definition) is 3. The zero-order chi connectivity index (χ0) is 12.3. The van der Waals surface area contributed by atoms with E-state index >= 15 is 0 Å². The Morgan fingerprint density at radius 1 is 1.53 bits per heavy atom. The molecule has 0 spiro atoms. The number of hydrogen-bond donors (Lipinski definition) is 0. The third-order valence-electron chi connectivity index (χ3n) is 2.93. The molecule has 2 rings (SSSR count). The highest BCUT2D eigenvalue weighted by Gasteiger charge is 2.25. The predicted molar refractivity (Wildman–Crippen MR) is 67.3 cm³/mol. The lowest BCUT2D eigenvalue weighted by Gasteiger charge is -2.16. The van der Waals surface area contributed by atoms with Crippen LogP contribution in [0.5, 0.6) is 5.75 Å². The van der Waals surface area contributed by atoms with Gasteiger partial charge in [-0.25, -0.2) is 0 Å². The molecule has 0 amide bonds. The molecular formula is C13H15ClN2O. The van der Waals surface area contributed by atoms with Crippen molar-refractivity contribution in [2.75, 3.05) is 20.2 Å². The van der Waals surface area contributed by atoms with Crippen molar-refractivity contribution in [2.24, 2.45) is 0 Å². The summed E-state index contributed by atoms with van der Waals surface area (Å²) < 4.78 is 5.60. The van der Waals surface area contributed by atoms with Crippen molar-refractivity contribution in [3.05, 3.63) is 28.8 Å². The van der Waals surface area contributed by atoms with Crippen molar-refractivity contribution in [3.8, 4) is 11.8 Å². The highest BCUT2D eigenvalue weighted by atomic mass is 35.5. The smallest absolute Gasteiger partial charge is 0.138 e. The van der Waals surface area contributed by atoms with Crippen LogP contribution in [0.1, 0.15) is 18.4 Å². The third-order valence-corrected chi connectivity index (χ3v) is 3.23. The number of rotatable bonds is 5. The van der Waals surface area contributed by atoms with Gasteiger partial charge < -0.3 is 9.64 Å². The number of ether oxygens (including phenoxy) is 1. The Labute approximate surface area is 107 Å². The molecule has 0 heterocycles. The van der Waals surface area contributed by atoms with Crippen LogP contribution in [0.3, 0.4) is 0 Å². The Hall–Kier alpha value is -1.24. The number of likely N-dealkylation sites (N-methyl/N-ethyl adjacent to an activating group) is 1. The summed E-state index contributed by atoms with van der Waals surface area (Å²) in [7, 11) is 2.11. The van der Waals surface area contributed by atoms with Crippen molar-refractivity contribution in [3.63, 3.8) is 0 Å². The Morgan fingerprint density at radius 2 is 2.29 bits per heavy atom. The van der Waals surface area contributed by atoms with Crippen LogP contribution in [0.4, 0.5) is 0 Å². The molecule has 17 heavy (non-hydrogen) atoms. The Balaban J connectivity index is 1.84. The SMILES string of the molecule is CN(CCOc1ccc(C#N)cc1Cl)C1CC1. The molecule has 1 aliphatic rings. The van der Waals surface area contributed by atoms with Gasteiger partial charge in [0.25, 0.3) is 0 Å². The van der Waals surface area contributed by atoms with E-state index in [1.54, 1.807) is 18.2 Å². The van der Waals surface area contributed by atoms with E-state index in [1.165, 1.54) is 12.8 Å². The molecule has 1 aromatic rings. The van der Waals surface area contributed by atoms with Gasteiger partial charge in [-0.3, -0.25) is 0 Å². The van der Waals surface area contributed by atoms with E-state index in [4.69, 9.17) is 21.6 Å². The molecular weight excluding hydrogens is 236 g/mol. The molecule has 0 atom stereocenters. The maximum absolute atomic E-state index is 8.71. The summed E-state index contributed by atoms with van der Waals surface area (Å²) in [5.41, 5.74) is 0.553. The van der Waals surface area contributed by atoms with Crippen LogP contribution in [0.2, 0.25) is 5.02 Å². The van der Waals surface area contributed by atoms with Gasteiger partial charge in [0.05, 0.1) is 16.7 Å². The lowest BCUT2D eigenvalue weighted by atomic mass is 10.2. The average Bonchev–Trinajstić information content (AvgIpc) is 3.15. The number of halogens is 1. The second-order valence-electron chi connectivity index (χ2n) is 4.32. The van der Waals surface area contributed by atoms with Gasteiger partial charge >= 0.3 is 0 Å². The fourth-order valence-electron chi connectivity index (χ4n) is 1.68. The molecule has 0 radical (unpaired) electrons. The van der Waals surface area contributed by atoms with Gasteiger partial charge in [-0.2, -0.15) is 5.26 Å². The minimum atomic E-state index is 0.498. The molecule has 0 bridgehead atoms. The Morgan fingerprint density at radius 3 is 2.88 bits per heavy atom. The van der Waals surface area contributed by atoms with Gasteiger partial charge in [-0.05, 0) is 38.1 Å². The molecule has 0 saturated heterocycles. The van der Waals surface area contributed by atoms with Crippen LogP contribution in [-0.2, 0) is 0 Å². The highest BCUT2D eigenvalue weighted by Crippen LogP contribution is 2.26. The third kappa shape index (κ3) is 3.36. The molecule has 1 saturated carbocycles. The fraction of sp³-hybridized carbons (Fsp3) is 0.462. The second kappa shape index (κ2) is 5.39. The van der Waals surface area contributed by atoms with Crippen LogP contribution < -0.4 is 4.74 Å². The van der Waals surface area contributed by atoms with Gasteiger partial charge in [-0.15, -0.1) is 0 Å². The summed E-state index contributed by atoms with van der Waals surface area (Å²) in [5.74, 6) is 0.648. The van der Waals surface area contributed by atoms with E-state index in [2.05, 4.69) is 11.9 Å². The van der Waals surface area contributed by atoms with E-state index in [9.17, 15) is 0 Å². The van der Waals surface area contributed by atoms with Crippen LogP contribution in [0.25, 0.3) is 0 Å². The lowest BCUT2D eigenvalue weighted by Crippen LogP contribution is -2.26. The summed E-state index contributed by atoms with van der Waals surface area (Å²) >= 11 is 6.01. The van der Waals surface area contributed by atoms with Crippen molar-refractivity contribution in [2.45, 2.75) is 18.9 Å². The quantitative estimate of drug-likeness (QED) is 0.806. The zero-order valence-corrected chi connectivity index (χ0v) is 10.6. The van der Waals surface area contributed by atoms with Crippen molar-refractivity contribution in [1.29, 1.82) is 5.26 Å². The number of nitriles is 1. The molecule has 0 N–H and O–H groups in total. The summed E-state index contributed by atoms with van der Waals surface area (Å²) in [6.45, 7) is 1.53. The van der Waals surface area contributed by atoms with Crippen molar-refractivity contribution < 1.29 is 4.74 Å². The average molecular weight is 251 g/mol. The van der Waals surface area contributed by atoms with Crippen LogP contribution in [-0.4, -0.2) is 31.1 Å².